The molecule has 0 aliphatic heterocycles. The number of rotatable bonds is 3. The third-order valence-corrected chi connectivity index (χ3v) is 3.75. The van der Waals surface area contributed by atoms with Crippen molar-refractivity contribution in [2.75, 3.05) is 6.26 Å². The van der Waals surface area contributed by atoms with Gasteiger partial charge in [0.05, 0.1) is 0 Å². The lowest BCUT2D eigenvalue weighted by Gasteiger charge is -2.07. The molecule has 0 amide bonds. The summed E-state index contributed by atoms with van der Waals surface area (Å²) in [6.07, 6.45) is 3.62. The van der Waals surface area contributed by atoms with Crippen LogP contribution in [0.3, 0.4) is 0 Å². The van der Waals surface area contributed by atoms with Gasteiger partial charge in [0, 0.05) is 17.4 Å². The summed E-state index contributed by atoms with van der Waals surface area (Å²) in [5.41, 5.74) is 2.18. The second-order valence-corrected chi connectivity index (χ2v) is 4.97. The van der Waals surface area contributed by atoms with Crippen molar-refractivity contribution in [2.24, 2.45) is 0 Å². The highest BCUT2D eigenvalue weighted by Crippen LogP contribution is 2.23. The van der Waals surface area contributed by atoms with Gasteiger partial charge in [-0.1, -0.05) is 36.0 Å². The molecule has 0 aliphatic rings. The Morgan fingerprint density at radius 1 is 1.47 bits per heavy atom. The molecule has 0 saturated heterocycles. The Balaban J connectivity index is 2.48. The molecule has 5 heteroatoms. The average molecular weight is 271 g/mol. The minimum atomic E-state index is -0.0505. The largest absolute Gasteiger partial charge is 0.349 e. The zero-order valence-corrected chi connectivity index (χ0v) is 11.3. The van der Waals surface area contributed by atoms with Crippen molar-refractivity contribution >= 4 is 33.7 Å². The predicted octanol–water partition coefficient (Wildman–Crippen LogP) is 2.79. The van der Waals surface area contributed by atoms with Crippen LogP contribution >= 0.6 is 11.8 Å². The van der Waals surface area contributed by atoms with E-state index in [0.29, 0.717) is 17.2 Å². The van der Waals surface area contributed by atoms with Crippen LogP contribution in [-0.4, -0.2) is 20.8 Å². The Hall–Kier alpha value is -2.01. The third-order valence-electron chi connectivity index (χ3n) is 3.07. The maximum absolute atomic E-state index is 12.5. The number of hydrogen-bond donors (Lipinski definition) is 1. The fraction of sp³-hybridized carbons (Fsp3) is 0.143. The predicted molar refractivity (Wildman–Crippen MR) is 79.8 cm³/mol. The molecular weight excluding hydrogens is 258 g/mol. The number of para-hydroxylation sites is 1. The molecule has 0 unspecified atom stereocenters. The van der Waals surface area contributed by atoms with Gasteiger partial charge in [-0.3, -0.25) is 9.36 Å². The molecule has 0 bridgehead atoms. The van der Waals surface area contributed by atoms with Gasteiger partial charge in [0.1, 0.15) is 11.0 Å². The fourth-order valence-electron chi connectivity index (χ4n) is 2.22. The Kier molecular flexibility index (Phi) is 2.91. The molecule has 2 aromatic heterocycles. The summed E-state index contributed by atoms with van der Waals surface area (Å²) in [5.74, 6) is 0. The number of thioether (sulfide) groups is 1. The molecule has 96 valence electrons. The molecule has 0 atom stereocenters. The lowest BCUT2D eigenvalue weighted by molar-refractivity contribution is 0.672. The van der Waals surface area contributed by atoms with Crippen molar-refractivity contribution in [3.63, 3.8) is 0 Å². The van der Waals surface area contributed by atoms with Crippen LogP contribution in [0.2, 0.25) is 0 Å². The maximum Gasteiger partial charge on any atom is 0.278 e. The lowest BCUT2D eigenvalue weighted by Crippen LogP contribution is -2.22. The van der Waals surface area contributed by atoms with Gasteiger partial charge < -0.3 is 4.98 Å². The Bertz CT molecular complexity index is 832. The van der Waals surface area contributed by atoms with Crippen molar-refractivity contribution in [3.8, 4) is 0 Å². The molecule has 3 rings (SSSR count). The highest BCUT2D eigenvalue weighted by Gasteiger charge is 2.13. The second kappa shape index (κ2) is 4.59. The van der Waals surface area contributed by atoms with Gasteiger partial charge in [0.25, 0.3) is 5.56 Å². The minimum absolute atomic E-state index is 0.0505. The molecule has 1 aromatic carbocycles. The molecule has 0 radical (unpaired) electrons. The zero-order valence-electron chi connectivity index (χ0n) is 10.5. The van der Waals surface area contributed by atoms with Crippen molar-refractivity contribution in [2.45, 2.75) is 11.7 Å². The maximum atomic E-state index is 12.5. The van der Waals surface area contributed by atoms with Crippen molar-refractivity contribution in [1.29, 1.82) is 0 Å². The van der Waals surface area contributed by atoms with E-state index in [2.05, 4.69) is 16.5 Å². The molecule has 4 nitrogen and oxygen atoms in total. The Morgan fingerprint density at radius 2 is 2.26 bits per heavy atom. The minimum Gasteiger partial charge on any atom is -0.349 e. The summed E-state index contributed by atoms with van der Waals surface area (Å²) in [4.78, 5) is 20.3. The van der Waals surface area contributed by atoms with E-state index in [4.69, 9.17) is 0 Å². The average Bonchev–Trinajstić information content (AvgIpc) is 2.81. The highest BCUT2D eigenvalue weighted by atomic mass is 32.2. The van der Waals surface area contributed by atoms with E-state index in [1.165, 1.54) is 11.8 Å². The first-order valence-corrected chi connectivity index (χ1v) is 7.15. The van der Waals surface area contributed by atoms with Crippen molar-refractivity contribution in [3.05, 3.63) is 47.3 Å². The number of benzene rings is 1. The molecule has 0 fully saturated rings. The number of aromatic amines is 1. The van der Waals surface area contributed by atoms with Crippen LogP contribution in [-0.2, 0) is 6.54 Å². The van der Waals surface area contributed by atoms with Crippen molar-refractivity contribution < 1.29 is 0 Å². The van der Waals surface area contributed by atoms with Crippen LogP contribution in [0.4, 0.5) is 0 Å². The zero-order chi connectivity index (χ0) is 13.4. The number of fused-ring (bicyclic) bond motifs is 3. The summed E-state index contributed by atoms with van der Waals surface area (Å²) >= 11 is 1.47. The molecule has 19 heavy (non-hydrogen) atoms. The van der Waals surface area contributed by atoms with E-state index in [0.717, 1.165) is 16.4 Å². The fourth-order valence-corrected chi connectivity index (χ4v) is 2.78. The van der Waals surface area contributed by atoms with Gasteiger partial charge in [-0.05, 0) is 12.3 Å². The third kappa shape index (κ3) is 1.77. The number of nitrogens with zero attached hydrogens (tertiary/aromatic N) is 2. The topological polar surface area (TPSA) is 50.7 Å². The Labute approximate surface area is 114 Å². The molecule has 0 aliphatic carbocycles. The summed E-state index contributed by atoms with van der Waals surface area (Å²) in [5, 5.41) is 1.69. The lowest BCUT2D eigenvalue weighted by atomic mass is 10.2. The van der Waals surface area contributed by atoms with E-state index >= 15 is 0 Å². The van der Waals surface area contributed by atoms with Gasteiger partial charge in [0.15, 0.2) is 5.16 Å². The van der Waals surface area contributed by atoms with Crippen LogP contribution < -0.4 is 5.56 Å². The first kappa shape index (κ1) is 12.0. The molecule has 0 saturated carbocycles. The van der Waals surface area contributed by atoms with Crippen molar-refractivity contribution in [1.82, 2.24) is 14.5 Å². The van der Waals surface area contributed by atoms with E-state index in [1.807, 2.05) is 30.5 Å². The molecule has 2 heterocycles. The van der Waals surface area contributed by atoms with Gasteiger partial charge in [-0.2, -0.15) is 0 Å². The highest BCUT2D eigenvalue weighted by molar-refractivity contribution is 7.98. The summed E-state index contributed by atoms with van der Waals surface area (Å²) in [6, 6.07) is 7.82. The second-order valence-electron chi connectivity index (χ2n) is 4.20. The number of nitrogens with one attached hydrogen (secondary N) is 1. The van der Waals surface area contributed by atoms with Gasteiger partial charge in [-0.25, -0.2) is 4.98 Å². The standard InChI is InChI=1S/C14H13N3OS/c1-3-8-17-13(18)12-11(16-14(17)19-2)9-6-4-5-7-10(9)15-12/h3-7,15H,1,8H2,2H3. The normalized spacial score (nSPS) is 11.2. The first-order chi connectivity index (χ1) is 9.26. The van der Waals surface area contributed by atoms with Crippen LogP contribution in [0.15, 0.2) is 46.9 Å². The SMILES string of the molecule is C=CCn1c(SC)nc2c([nH]c3ccccc32)c1=O. The number of allylic oxidation sites excluding steroid dienone is 1. The van der Waals surface area contributed by atoms with E-state index in [1.54, 1.807) is 10.6 Å². The summed E-state index contributed by atoms with van der Waals surface area (Å²) in [6.45, 7) is 4.15. The molecule has 3 aromatic rings. The summed E-state index contributed by atoms with van der Waals surface area (Å²) < 4.78 is 1.63. The van der Waals surface area contributed by atoms with Gasteiger partial charge in [0.2, 0.25) is 0 Å². The number of H-pyrrole nitrogens is 1. The van der Waals surface area contributed by atoms with Gasteiger partial charge >= 0.3 is 0 Å². The monoisotopic (exact) mass is 271 g/mol. The summed E-state index contributed by atoms with van der Waals surface area (Å²) in [7, 11) is 0. The number of aromatic nitrogens is 3. The Morgan fingerprint density at radius 3 is 3.00 bits per heavy atom. The number of hydrogen-bond acceptors (Lipinski definition) is 3. The first-order valence-electron chi connectivity index (χ1n) is 5.92. The quantitative estimate of drug-likeness (QED) is 0.453. The van der Waals surface area contributed by atoms with Crippen LogP contribution in [0, 0.1) is 0 Å². The molecule has 0 spiro atoms. The van der Waals surface area contributed by atoms with Crippen LogP contribution in [0.25, 0.3) is 21.9 Å². The van der Waals surface area contributed by atoms with E-state index in [-0.39, 0.29) is 5.56 Å². The molecular formula is C14H13N3OS. The molecule has 1 N–H and O–H groups in total. The van der Waals surface area contributed by atoms with Crippen LogP contribution in [0.5, 0.6) is 0 Å². The van der Waals surface area contributed by atoms with Gasteiger partial charge in [-0.15, -0.1) is 6.58 Å². The van der Waals surface area contributed by atoms with Crippen LogP contribution in [0.1, 0.15) is 0 Å². The smallest absolute Gasteiger partial charge is 0.278 e. The van der Waals surface area contributed by atoms with E-state index < -0.39 is 0 Å². The van der Waals surface area contributed by atoms with E-state index in [9.17, 15) is 4.79 Å².